The van der Waals surface area contributed by atoms with Crippen molar-refractivity contribution in [2.45, 2.75) is 59.2 Å². The van der Waals surface area contributed by atoms with Crippen LogP contribution in [0.4, 0.5) is 0 Å². The molecule has 2 aromatic rings. The molecule has 0 aromatic carbocycles. The van der Waals surface area contributed by atoms with E-state index in [1.54, 1.807) is 0 Å². The van der Waals surface area contributed by atoms with Crippen LogP contribution in [0.3, 0.4) is 0 Å². The zero-order valence-corrected chi connectivity index (χ0v) is 15.4. The van der Waals surface area contributed by atoms with E-state index in [-0.39, 0.29) is 11.5 Å². The number of hydrogen-bond acceptors (Lipinski definition) is 5. The number of ether oxygens (including phenoxy) is 1. The van der Waals surface area contributed by atoms with Gasteiger partial charge >= 0.3 is 0 Å². The minimum atomic E-state index is -0.00568. The average Bonchev–Trinajstić information content (AvgIpc) is 3.06. The van der Waals surface area contributed by atoms with Crippen LogP contribution in [0.15, 0.2) is 16.7 Å². The second-order valence-corrected chi connectivity index (χ2v) is 7.71. The molecular weight excluding hydrogens is 304 g/mol. The summed E-state index contributed by atoms with van der Waals surface area (Å²) in [6, 6.07) is 2.10. The molecule has 0 bridgehead atoms. The van der Waals surface area contributed by atoms with Crippen molar-refractivity contribution >= 4 is 0 Å². The Balaban J connectivity index is 1.59. The molecule has 6 heteroatoms. The third kappa shape index (κ3) is 4.05. The second kappa shape index (κ2) is 6.69. The monoisotopic (exact) mass is 332 g/mol. The standard InChI is InChI=1S/C18H28N4O2/c1-13-8-14(2)22(20-13)11-15-10-21(6-7-23-15)12-17-19-9-16(24-17)18(3,4)5/h8-9,15H,6-7,10-12H2,1-5H3/t15-/m0/s1. The van der Waals surface area contributed by atoms with Gasteiger partial charge in [0.25, 0.3) is 0 Å². The summed E-state index contributed by atoms with van der Waals surface area (Å²) in [6.07, 6.45) is 2.00. The van der Waals surface area contributed by atoms with Gasteiger partial charge in [-0.2, -0.15) is 5.10 Å². The quantitative estimate of drug-likeness (QED) is 0.861. The van der Waals surface area contributed by atoms with Gasteiger partial charge in [-0.05, 0) is 19.9 Å². The van der Waals surface area contributed by atoms with Gasteiger partial charge in [-0.1, -0.05) is 20.8 Å². The summed E-state index contributed by atoms with van der Waals surface area (Å²) in [7, 11) is 0. The molecule has 1 aliphatic heterocycles. The molecule has 3 heterocycles. The third-order valence-electron chi connectivity index (χ3n) is 4.35. The summed E-state index contributed by atoms with van der Waals surface area (Å²) >= 11 is 0. The smallest absolute Gasteiger partial charge is 0.208 e. The maximum Gasteiger partial charge on any atom is 0.208 e. The Bertz CT molecular complexity index is 683. The molecule has 0 saturated carbocycles. The lowest BCUT2D eigenvalue weighted by molar-refractivity contribution is -0.0426. The van der Waals surface area contributed by atoms with Gasteiger partial charge in [0.1, 0.15) is 5.76 Å². The molecule has 1 aliphatic rings. The summed E-state index contributed by atoms with van der Waals surface area (Å²) in [6.45, 7) is 14.5. The van der Waals surface area contributed by atoms with Gasteiger partial charge in [0, 0.05) is 24.2 Å². The molecule has 1 fully saturated rings. The zero-order chi connectivity index (χ0) is 17.3. The molecule has 3 rings (SSSR count). The number of morpholine rings is 1. The van der Waals surface area contributed by atoms with E-state index in [1.165, 1.54) is 5.69 Å². The highest BCUT2D eigenvalue weighted by Gasteiger charge is 2.24. The van der Waals surface area contributed by atoms with E-state index < -0.39 is 0 Å². The third-order valence-corrected chi connectivity index (χ3v) is 4.35. The Morgan fingerprint density at radius 1 is 1.29 bits per heavy atom. The van der Waals surface area contributed by atoms with Crippen molar-refractivity contribution < 1.29 is 9.15 Å². The summed E-state index contributed by atoms with van der Waals surface area (Å²) < 4.78 is 13.9. The van der Waals surface area contributed by atoms with Crippen molar-refractivity contribution in [2.24, 2.45) is 0 Å². The molecule has 0 aliphatic carbocycles. The molecule has 0 unspecified atom stereocenters. The second-order valence-electron chi connectivity index (χ2n) is 7.71. The molecule has 6 nitrogen and oxygen atoms in total. The Labute approximate surface area is 143 Å². The highest BCUT2D eigenvalue weighted by Crippen LogP contribution is 2.23. The van der Waals surface area contributed by atoms with Crippen LogP contribution in [0.2, 0.25) is 0 Å². The van der Waals surface area contributed by atoms with Gasteiger partial charge in [-0.15, -0.1) is 0 Å². The van der Waals surface area contributed by atoms with E-state index >= 15 is 0 Å². The number of oxazole rings is 1. The van der Waals surface area contributed by atoms with Gasteiger partial charge < -0.3 is 9.15 Å². The van der Waals surface area contributed by atoms with Crippen LogP contribution < -0.4 is 0 Å². The number of aromatic nitrogens is 3. The SMILES string of the molecule is Cc1cc(C)n(C[C@@H]2CN(Cc3ncc(C(C)(C)C)o3)CCO2)n1. The van der Waals surface area contributed by atoms with Crippen molar-refractivity contribution in [3.63, 3.8) is 0 Å². The molecular formula is C18H28N4O2. The normalized spacial score (nSPS) is 19.8. The molecule has 24 heavy (non-hydrogen) atoms. The first kappa shape index (κ1) is 17.2. The van der Waals surface area contributed by atoms with Crippen LogP contribution in [-0.4, -0.2) is 45.5 Å². The highest BCUT2D eigenvalue weighted by molar-refractivity contribution is 5.07. The lowest BCUT2D eigenvalue weighted by atomic mass is 9.94. The molecule has 1 atom stereocenters. The van der Waals surface area contributed by atoms with E-state index in [0.29, 0.717) is 0 Å². The van der Waals surface area contributed by atoms with E-state index in [9.17, 15) is 0 Å². The van der Waals surface area contributed by atoms with Gasteiger partial charge in [0.2, 0.25) is 5.89 Å². The molecule has 2 aromatic heterocycles. The minimum absolute atomic E-state index is 0.00568. The first-order valence-corrected chi connectivity index (χ1v) is 8.61. The van der Waals surface area contributed by atoms with Gasteiger partial charge in [0.05, 0.1) is 37.7 Å². The van der Waals surface area contributed by atoms with Gasteiger partial charge in [0.15, 0.2) is 0 Å². The predicted molar refractivity (Wildman–Crippen MR) is 91.9 cm³/mol. The zero-order valence-electron chi connectivity index (χ0n) is 15.4. The number of nitrogens with zero attached hydrogens (tertiary/aromatic N) is 4. The largest absolute Gasteiger partial charge is 0.444 e. The van der Waals surface area contributed by atoms with Crippen LogP contribution >= 0.6 is 0 Å². The summed E-state index contributed by atoms with van der Waals surface area (Å²) in [4.78, 5) is 6.78. The number of aryl methyl sites for hydroxylation is 2. The first-order chi connectivity index (χ1) is 11.3. The summed E-state index contributed by atoms with van der Waals surface area (Å²) in [5, 5.41) is 4.53. The summed E-state index contributed by atoms with van der Waals surface area (Å²) in [5.41, 5.74) is 2.22. The van der Waals surface area contributed by atoms with Crippen molar-refractivity contribution in [1.82, 2.24) is 19.7 Å². The highest BCUT2D eigenvalue weighted by atomic mass is 16.5. The lowest BCUT2D eigenvalue weighted by Crippen LogP contribution is -2.44. The number of hydrogen-bond donors (Lipinski definition) is 0. The summed E-state index contributed by atoms with van der Waals surface area (Å²) in [5.74, 6) is 1.72. The first-order valence-electron chi connectivity index (χ1n) is 8.61. The molecule has 132 valence electrons. The van der Waals surface area contributed by atoms with Gasteiger partial charge in [-0.25, -0.2) is 4.98 Å². The fraction of sp³-hybridized carbons (Fsp3) is 0.667. The Morgan fingerprint density at radius 2 is 2.08 bits per heavy atom. The van der Waals surface area contributed by atoms with Crippen LogP contribution in [0.5, 0.6) is 0 Å². The molecule has 0 radical (unpaired) electrons. The van der Waals surface area contributed by atoms with E-state index in [4.69, 9.17) is 9.15 Å². The fourth-order valence-corrected chi connectivity index (χ4v) is 3.01. The molecule has 0 N–H and O–H groups in total. The van der Waals surface area contributed by atoms with Crippen molar-refractivity contribution in [1.29, 1.82) is 0 Å². The van der Waals surface area contributed by atoms with Crippen molar-refractivity contribution in [2.75, 3.05) is 19.7 Å². The fourth-order valence-electron chi connectivity index (χ4n) is 3.01. The van der Waals surface area contributed by atoms with E-state index in [0.717, 1.165) is 50.1 Å². The maximum absolute atomic E-state index is 5.92. The average molecular weight is 332 g/mol. The van der Waals surface area contributed by atoms with Gasteiger partial charge in [-0.3, -0.25) is 9.58 Å². The lowest BCUT2D eigenvalue weighted by Gasteiger charge is -2.32. The van der Waals surface area contributed by atoms with E-state index in [1.807, 2.05) is 17.8 Å². The molecule has 1 saturated heterocycles. The van der Waals surface area contributed by atoms with Crippen LogP contribution in [0.1, 0.15) is 43.8 Å². The topological polar surface area (TPSA) is 56.3 Å². The Hall–Kier alpha value is -1.66. The number of rotatable bonds is 4. The molecule has 0 amide bonds. The maximum atomic E-state index is 5.92. The molecule has 0 spiro atoms. The van der Waals surface area contributed by atoms with Crippen molar-refractivity contribution in [3.8, 4) is 0 Å². The van der Waals surface area contributed by atoms with Crippen molar-refractivity contribution in [3.05, 3.63) is 35.3 Å². The van der Waals surface area contributed by atoms with Crippen LogP contribution in [0, 0.1) is 13.8 Å². The predicted octanol–water partition coefficient (Wildman–Crippen LogP) is 2.69. The Kier molecular flexibility index (Phi) is 4.78. The van der Waals surface area contributed by atoms with E-state index in [2.05, 4.69) is 48.7 Å². The minimum Gasteiger partial charge on any atom is -0.444 e. The Morgan fingerprint density at radius 3 is 2.71 bits per heavy atom. The van der Waals surface area contributed by atoms with Crippen LogP contribution in [0.25, 0.3) is 0 Å². The van der Waals surface area contributed by atoms with Crippen LogP contribution in [-0.2, 0) is 23.2 Å².